The molecule has 0 aliphatic rings. The molecule has 0 saturated heterocycles. The van der Waals surface area contributed by atoms with Crippen molar-refractivity contribution in [1.82, 2.24) is 5.32 Å². The number of rotatable bonds is 3. The fourth-order valence-corrected chi connectivity index (χ4v) is 2.99. The van der Waals surface area contributed by atoms with Gasteiger partial charge in [0.15, 0.2) is 0 Å². The summed E-state index contributed by atoms with van der Waals surface area (Å²) in [5.74, 6) is -0.143. The zero-order valence-electron chi connectivity index (χ0n) is 10.3. The topological polar surface area (TPSA) is 12.0 Å². The van der Waals surface area contributed by atoms with Crippen LogP contribution in [0, 0.1) is 12.7 Å². The lowest BCUT2D eigenvalue weighted by molar-refractivity contribution is 0.630. The van der Waals surface area contributed by atoms with Gasteiger partial charge >= 0.3 is 0 Å². The highest BCUT2D eigenvalue weighted by molar-refractivity contribution is 7.15. The third-order valence-electron chi connectivity index (χ3n) is 2.95. The normalized spacial score (nSPS) is 12.7. The Labute approximate surface area is 105 Å². The zero-order chi connectivity index (χ0) is 12.4. The average molecular weight is 249 g/mol. The van der Waals surface area contributed by atoms with E-state index in [-0.39, 0.29) is 5.82 Å². The van der Waals surface area contributed by atoms with Crippen molar-refractivity contribution < 1.29 is 4.39 Å². The van der Waals surface area contributed by atoms with Crippen LogP contribution in [0.4, 0.5) is 4.39 Å². The summed E-state index contributed by atoms with van der Waals surface area (Å²) in [5, 5.41) is 3.19. The summed E-state index contributed by atoms with van der Waals surface area (Å²) in [6.07, 6.45) is 0. The highest BCUT2D eigenvalue weighted by atomic mass is 32.1. The van der Waals surface area contributed by atoms with Gasteiger partial charge in [0, 0.05) is 21.4 Å². The van der Waals surface area contributed by atoms with Crippen LogP contribution in [-0.2, 0) is 0 Å². The minimum absolute atomic E-state index is 0.143. The first kappa shape index (κ1) is 12.3. The van der Waals surface area contributed by atoms with Crippen LogP contribution in [-0.4, -0.2) is 7.05 Å². The monoisotopic (exact) mass is 249 g/mol. The lowest BCUT2D eigenvalue weighted by Crippen LogP contribution is -2.10. The van der Waals surface area contributed by atoms with Crippen molar-refractivity contribution >= 4 is 11.3 Å². The molecule has 1 atom stereocenters. The van der Waals surface area contributed by atoms with Gasteiger partial charge in [0.05, 0.1) is 0 Å². The molecule has 1 aromatic heterocycles. The number of hydrogen-bond acceptors (Lipinski definition) is 2. The van der Waals surface area contributed by atoms with Gasteiger partial charge in [-0.15, -0.1) is 11.3 Å². The second kappa shape index (κ2) is 4.98. The van der Waals surface area contributed by atoms with Gasteiger partial charge in [-0.2, -0.15) is 0 Å². The van der Waals surface area contributed by atoms with E-state index < -0.39 is 0 Å². The summed E-state index contributed by atoms with van der Waals surface area (Å²) in [6.45, 7) is 4.04. The summed E-state index contributed by atoms with van der Waals surface area (Å²) in [5.41, 5.74) is 1.71. The lowest BCUT2D eigenvalue weighted by Gasteiger charge is -2.07. The lowest BCUT2D eigenvalue weighted by atomic mass is 10.1. The van der Waals surface area contributed by atoms with E-state index in [1.165, 1.54) is 10.9 Å². The molecule has 1 N–H and O–H groups in total. The van der Waals surface area contributed by atoms with Crippen molar-refractivity contribution in [2.24, 2.45) is 0 Å². The third-order valence-corrected chi connectivity index (χ3v) is 4.24. The molecule has 2 aromatic rings. The van der Waals surface area contributed by atoms with Crippen molar-refractivity contribution in [3.8, 4) is 10.4 Å². The number of hydrogen-bond donors (Lipinski definition) is 1. The molecule has 1 unspecified atom stereocenters. The first-order valence-corrected chi connectivity index (χ1v) is 6.47. The second-order valence-electron chi connectivity index (χ2n) is 4.14. The van der Waals surface area contributed by atoms with E-state index in [0.717, 1.165) is 16.0 Å². The van der Waals surface area contributed by atoms with Crippen molar-refractivity contribution in [3.05, 3.63) is 46.6 Å². The van der Waals surface area contributed by atoms with Crippen molar-refractivity contribution in [2.75, 3.05) is 7.05 Å². The van der Waals surface area contributed by atoms with Crippen LogP contribution in [0.15, 0.2) is 30.3 Å². The number of thiophene rings is 1. The van der Waals surface area contributed by atoms with Gasteiger partial charge in [-0.1, -0.05) is 12.1 Å². The summed E-state index contributed by atoms with van der Waals surface area (Å²) in [6, 6.07) is 9.58. The van der Waals surface area contributed by atoms with Gasteiger partial charge in [-0.3, -0.25) is 0 Å². The molecule has 0 amide bonds. The Hall–Kier alpha value is -1.19. The van der Waals surface area contributed by atoms with E-state index in [2.05, 4.69) is 18.3 Å². The average Bonchev–Trinajstić information content (AvgIpc) is 2.77. The van der Waals surface area contributed by atoms with E-state index in [0.29, 0.717) is 6.04 Å². The largest absolute Gasteiger partial charge is 0.313 e. The van der Waals surface area contributed by atoms with Crippen LogP contribution in [0.1, 0.15) is 23.4 Å². The van der Waals surface area contributed by atoms with Gasteiger partial charge in [0.2, 0.25) is 0 Å². The molecule has 0 aliphatic carbocycles. The molecule has 0 spiro atoms. The molecule has 1 heterocycles. The predicted molar refractivity (Wildman–Crippen MR) is 71.9 cm³/mol. The Morgan fingerprint density at radius 1 is 1.24 bits per heavy atom. The minimum Gasteiger partial charge on any atom is -0.313 e. The van der Waals surface area contributed by atoms with Crippen LogP contribution < -0.4 is 5.32 Å². The van der Waals surface area contributed by atoms with E-state index in [1.807, 2.05) is 26.1 Å². The van der Waals surface area contributed by atoms with E-state index >= 15 is 0 Å². The Kier molecular flexibility index (Phi) is 3.60. The van der Waals surface area contributed by atoms with Gasteiger partial charge in [-0.05, 0) is 44.7 Å². The summed E-state index contributed by atoms with van der Waals surface area (Å²) < 4.78 is 13.8. The molecule has 0 radical (unpaired) electrons. The fraction of sp³-hybridized carbons (Fsp3) is 0.286. The first-order valence-electron chi connectivity index (χ1n) is 5.66. The van der Waals surface area contributed by atoms with E-state index in [9.17, 15) is 4.39 Å². The van der Waals surface area contributed by atoms with Crippen LogP contribution in [0.5, 0.6) is 0 Å². The van der Waals surface area contributed by atoms with Crippen LogP contribution in [0.3, 0.4) is 0 Å². The molecule has 17 heavy (non-hydrogen) atoms. The Balaban J connectivity index is 2.44. The fourth-order valence-electron chi connectivity index (χ4n) is 1.81. The standard InChI is InChI=1S/C14H16FNS/c1-9-5-4-6-11(15)14(9)13-8-7-12(17-13)10(2)16-3/h4-8,10,16H,1-3H3. The van der Waals surface area contributed by atoms with Crippen LogP contribution in [0.2, 0.25) is 0 Å². The van der Waals surface area contributed by atoms with Crippen molar-refractivity contribution in [2.45, 2.75) is 19.9 Å². The maximum atomic E-state index is 13.8. The quantitative estimate of drug-likeness (QED) is 0.862. The summed E-state index contributed by atoms with van der Waals surface area (Å²) in [4.78, 5) is 2.22. The molecule has 0 bridgehead atoms. The Morgan fingerprint density at radius 3 is 2.65 bits per heavy atom. The number of nitrogens with one attached hydrogen (secondary N) is 1. The van der Waals surface area contributed by atoms with E-state index in [1.54, 1.807) is 17.4 Å². The maximum absolute atomic E-state index is 13.8. The first-order chi connectivity index (χ1) is 8.13. The highest BCUT2D eigenvalue weighted by Gasteiger charge is 2.12. The third kappa shape index (κ3) is 2.40. The molecule has 1 nitrogen and oxygen atoms in total. The molecule has 90 valence electrons. The summed E-state index contributed by atoms with van der Waals surface area (Å²) in [7, 11) is 1.93. The maximum Gasteiger partial charge on any atom is 0.132 e. The molecule has 3 heteroatoms. The molecule has 2 rings (SSSR count). The van der Waals surface area contributed by atoms with Gasteiger partial charge < -0.3 is 5.32 Å². The SMILES string of the molecule is CNC(C)c1ccc(-c2c(C)cccc2F)s1. The summed E-state index contributed by atoms with van der Waals surface area (Å²) >= 11 is 1.64. The van der Waals surface area contributed by atoms with Crippen LogP contribution >= 0.6 is 11.3 Å². The van der Waals surface area contributed by atoms with Crippen molar-refractivity contribution in [3.63, 3.8) is 0 Å². The number of aryl methyl sites for hydroxylation is 1. The zero-order valence-corrected chi connectivity index (χ0v) is 11.1. The Bertz CT molecular complexity index is 498. The van der Waals surface area contributed by atoms with E-state index in [4.69, 9.17) is 0 Å². The number of benzene rings is 1. The smallest absolute Gasteiger partial charge is 0.132 e. The molecule has 0 aliphatic heterocycles. The second-order valence-corrected chi connectivity index (χ2v) is 5.26. The molecule has 0 fully saturated rings. The van der Waals surface area contributed by atoms with Gasteiger partial charge in [0.1, 0.15) is 5.82 Å². The molecular weight excluding hydrogens is 233 g/mol. The van der Waals surface area contributed by atoms with Gasteiger partial charge in [0.25, 0.3) is 0 Å². The van der Waals surface area contributed by atoms with Crippen LogP contribution in [0.25, 0.3) is 10.4 Å². The molecule has 0 saturated carbocycles. The number of halogens is 1. The van der Waals surface area contributed by atoms with Crippen molar-refractivity contribution in [1.29, 1.82) is 0 Å². The Morgan fingerprint density at radius 2 is 2.00 bits per heavy atom. The van der Waals surface area contributed by atoms with Gasteiger partial charge in [-0.25, -0.2) is 4.39 Å². The minimum atomic E-state index is -0.143. The highest BCUT2D eigenvalue weighted by Crippen LogP contribution is 2.34. The molecular formula is C14H16FNS. The predicted octanol–water partition coefficient (Wildman–Crippen LogP) is 4.14. The molecule has 1 aromatic carbocycles.